The van der Waals surface area contributed by atoms with Gasteiger partial charge in [0.05, 0.1) is 24.2 Å². The summed E-state index contributed by atoms with van der Waals surface area (Å²) in [4.78, 5) is 37.5. The fraction of sp³-hybridized carbons (Fsp3) is 0.222. The summed E-state index contributed by atoms with van der Waals surface area (Å²) in [6.07, 6.45) is 0. The number of carbonyl (C=O) groups is 2. The van der Waals surface area contributed by atoms with E-state index >= 15 is 0 Å². The molecular formula is C18H17N3O4S. The lowest BCUT2D eigenvalue weighted by molar-refractivity contribution is 0.0607. The normalized spacial score (nSPS) is 10.9. The van der Waals surface area contributed by atoms with Gasteiger partial charge in [-0.2, -0.15) is 5.10 Å². The predicted octanol–water partition coefficient (Wildman–Crippen LogP) is 3.08. The first kappa shape index (κ1) is 17.8. The van der Waals surface area contributed by atoms with Crippen molar-refractivity contribution < 1.29 is 14.3 Å². The molecular weight excluding hydrogens is 354 g/mol. The summed E-state index contributed by atoms with van der Waals surface area (Å²) in [5.74, 6) is -1.03. The van der Waals surface area contributed by atoms with Gasteiger partial charge in [-0.05, 0) is 31.4 Å². The van der Waals surface area contributed by atoms with Gasteiger partial charge in [0, 0.05) is 5.39 Å². The van der Waals surface area contributed by atoms with Crippen molar-refractivity contribution in [3.05, 3.63) is 56.6 Å². The molecule has 0 radical (unpaired) electrons. The van der Waals surface area contributed by atoms with Crippen molar-refractivity contribution >= 4 is 39.7 Å². The lowest BCUT2D eigenvalue weighted by Crippen LogP contribution is -2.29. The molecule has 0 saturated carbocycles. The molecule has 7 nitrogen and oxygen atoms in total. The van der Waals surface area contributed by atoms with Crippen molar-refractivity contribution in [2.45, 2.75) is 19.9 Å². The Kier molecular flexibility index (Phi) is 4.85. The van der Waals surface area contributed by atoms with Crippen molar-refractivity contribution in [2.75, 3.05) is 12.4 Å². The van der Waals surface area contributed by atoms with E-state index in [1.807, 2.05) is 13.8 Å². The van der Waals surface area contributed by atoms with Gasteiger partial charge in [0.1, 0.15) is 4.88 Å². The van der Waals surface area contributed by atoms with Crippen molar-refractivity contribution in [3.63, 3.8) is 0 Å². The van der Waals surface area contributed by atoms with E-state index in [4.69, 9.17) is 4.74 Å². The third-order valence-electron chi connectivity index (χ3n) is 3.82. The second-order valence-electron chi connectivity index (χ2n) is 5.85. The third kappa shape index (κ3) is 3.11. The molecule has 1 N–H and O–H groups in total. The summed E-state index contributed by atoms with van der Waals surface area (Å²) in [7, 11) is 1.28. The van der Waals surface area contributed by atoms with E-state index in [0.717, 1.165) is 0 Å². The van der Waals surface area contributed by atoms with Crippen molar-refractivity contribution in [2.24, 2.45) is 0 Å². The fourth-order valence-corrected chi connectivity index (χ4v) is 3.33. The zero-order chi connectivity index (χ0) is 18.8. The minimum absolute atomic E-state index is 0.121. The number of carbonyl (C=O) groups excluding carboxylic acids is 2. The Morgan fingerprint density at radius 3 is 2.54 bits per heavy atom. The van der Waals surface area contributed by atoms with E-state index in [1.54, 1.807) is 35.7 Å². The number of hydrogen-bond acceptors (Lipinski definition) is 6. The largest absolute Gasteiger partial charge is 0.465 e. The van der Waals surface area contributed by atoms with Crippen LogP contribution in [0.4, 0.5) is 5.69 Å². The molecule has 0 bridgehead atoms. The first-order chi connectivity index (χ1) is 12.4. The number of methoxy groups -OCH3 is 1. The Hall–Kier alpha value is -3.00. The van der Waals surface area contributed by atoms with Crippen LogP contribution in [0, 0.1) is 0 Å². The molecule has 0 unspecified atom stereocenters. The molecule has 3 rings (SSSR count). The van der Waals surface area contributed by atoms with E-state index < -0.39 is 11.9 Å². The van der Waals surface area contributed by atoms with Gasteiger partial charge < -0.3 is 10.1 Å². The molecule has 2 heterocycles. The van der Waals surface area contributed by atoms with Gasteiger partial charge in [-0.25, -0.2) is 9.48 Å². The second kappa shape index (κ2) is 7.09. The van der Waals surface area contributed by atoms with Crippen LogP contribution in [-0.4, -0.2) is 28.8 Å². The maximum absolute atomic E-state index is 12.8. The standard InChI is InChI=1S/C18H17N3O4S/c1-10(2)21-17(23)12-7-5-4-6-11(12)14(20-21)16(22)19-13-8-9-26-15(13)18(24)25-3/h4-10H,1-3H3,(H,19,22). The van der Waals surface area contributed by atoms with E-state index in [-0.39, 0.29) is 17.3 Å². The van der Waals surface area contributed by atoms with Gasteiger partial charge in [0.2, 0.25) is 0 Å². The Labute approximate surface area is 153 Å². The van der Waals surface area contributed by atoms with Crippen LogP contribution in [0.3, 0.4) is 0 Å². The van der Waals surface area contributed by atoms with Gasteiger partial charge in [0.15, 0.2) is 5.69 Å². The smallest absolute Gasteiger partial charge is 0.350 e. The van der Waals surface area contributed by atoms with Crippen LogP contribution in [0.15, 0.2) is 40.5 Å². The van der Waals surface area contributed by atoms with Gasteiger partial charge in [-0.3, -0.25) is 9.59 Å². The molecule has 134 valence electrons. The lowest BCUT2D eigenvalue weighted by atomic mass is 10.1. The highest BCUT2D eigenvalue weighted by Gasteiger charge is 2.21. The first-order valence-corrected chi connectivity index (χ1v) is 8.80. The number of aromatic nitrogens is 2. The van der Waals surface area contributed by atoms with Gasteiger partial charge in [-0.15, -0.1) is 11.3 Å². The van der Waals surface area contributed by atoms with Crippen LogP contribution < -0.4 is 10.9 Å². The summed E-state index contributed by atoms with van der Waals surface area (Å²) in [6, 6.07) is 8.24. The summed E-state index contributed by atoms with van der Waals surface area (Å²) < 4.78 is 6.00. The number of thiophene rings is 1. The highest BCUT2D eigenvalue weighted by atomic mass is 32.1. The molecule has 0 spiro atoms. The summed E-state index contributed by atoms with van der Waals surface area (Å²) in [5, 5.41) is 9.51. The van der Waals surface area contributed by atoms with E-state index in [1.165, 1.54) is 23.1 Å². The molecule has 3 aromatic rings. The molecule has 0 aliphatic carbocycles. The number of nitrogens with one attached hydrogen (secondary N) is 1. The van der Waals surface area contributed by atoms with Crippen molar-refractivity contribution in [1.29, 1.82) is 0 Å². The zero-order valence-electron chi connectivity index (χ0n) is 14.5. The maximum Gasteiger partial charge on any atom is 0.350 e. The molecule has 1 aromatic carbocycles. The third-order valence-corrected chi connectivity index (χ3v) is 4.71. The number of nitrogens with zero attached hydrogens (tertiary/aromatic N) is 2. The monoisotopic (exact) mass is 371 g/mol. The fourth-order valence-electron chi connectivity index (χ4n) is 2.56. The van der Waals surface area contributed by atoms with Crippen molar-refractivity contribution in [1.82, 2.24) is 9.78 Å². The van der Waals surface area contributed by atoms with Gasteiger partial charge in [-0.1, -0.05) is 18.2 Å². The second-order valence-corrected chi connectivity index (χ2v) is 6.76. The molecule has 26 heavy (non-hydrogen) atoms. The number of anilines is 1. The number of hydrogen-bond donors (Lipinski definition) is 1. The van der Waals surface area contributed by atoms with Gasteiger partial charge >= 0.3 is 5.97 Å². The molecule has 0 fully saturated rings. The number of rotatable bonds is 4. The Morgan fingerprint density at radius 1 is 1.19 bits per heavy atom. The van der Waals surface area contributed by atoms with E-state index in [9.17, 15) is 14.4 Å². The number of amides is 1. The average molecular weight is 371 g/mol. The summed E-state index contributed by atoms with van der Waals surface area (Å²) in [6.45, 7) is 3.64. The molecule has 0 aliphatic heterocycles. The maximum atomic E-state index is 12.8. The number of ether oxygens (including phenoxy) is 1. The van der Waals surface area contributed by atoms with Crippen LogP contribution >= 0.6 is 11.3 Å². The summed E-state index contributed by atoms with van der Waals surface area (Å²) >= 11 is 1.17. The number of fused-ring (bicyclic) bond motifs is 1. The van der Waals surface area contributed by atoms with Crippen LogP contribution in [0.1, 0.15) is 40.0 Å². The van der Waals surface area contributed by atoms with Crippen molar-refractivity contribution in [3.8, 4) is 0 Å². The van der Waals surface area contributed by atoms with Gasteiger partial charge in [0.25, 0.3) is 11.5 Å². The zero-order valence-corrected chi connectivity index (χ0v) is 15.3. The van der Waals surface area contributed by atoms with E-state index in [0.29, 0.717) is 21.3 Å². The Morgan fingerprint density at radius 2 is 1.88 bits per heavy atom. The number of benzene rings is 1. The Balaban J connectivity index is 2.09. The molecule has 0 aliphatic rings. The molecule has 0 saturated heterocycles. The first-order valence-electron chi connectivity index (χ1n) is 7.92. The summed E-state index contributed by atoms with van der Waals surface area (Å²) in [5.41, 5.74) is 0.217. The molecule has 1 amide bonds. The minimum atomic E-state index is -0.528. The van der Waals surface area contributed by atoms with E-state index in [2.05, 4.69) is 10.4 Å². The molecule has 2 aromatic heterocycles. The van der Waals surface area contributed by atoms with Crippen LogP contribution in [0.5, 0.6) is 0 Å². The van der Waals surface area contributed by atoms with Crippen LogP contribution in [-0.2, 0) is 4.74 Å². The average Bonchev–Trinajstić information content (AvgIpc) is 3.09. The Bertz CT molecular complexity index is 1050. The minimum Gasteiger partial charge on any atom is -0.465 e. The quantitative estimate of drug-likeness (QED) is 0.712. The van der Waals surface area contributed by atoms with Crippen LogP contribution in [0.25, 0.3) is 10.8 Å². The molecule has 0 atom stereocenters. The number of esters is 1. The highest BCUT2D eigenvalue weighted by Crippen LogP contribution is 2.24. The lowest BCUT2D eigenvalue weighted by Gasteiger charge is -2.13. The SMILES string of the molecule is COC(=O)c1sccc1NC(=O)c1nn(C(C)C)c(=O)c2ccccc12. The highest BCUT2D eigenvalue weighted by molar-refractivity contribution is 7.12. The van der Waals surface area contributed by atoms with Crippen LogP contribution in [0.2, 0.25) is 0 Å². The predicted molar refractivity (Wildman–Crippen MR) is 100.0 cm³/mol. The topological polar surface area (TPSA) is 90.3 Å². The molecule has 8 heteroatoms.